The van der Waals surface area contributed by atoms with Gasteiger partial charge in [0.1, 0.15) is 0 Å². The topological polar surface area (TPSA) is 66.8 Å². The van der Waals surface area contributed by atoms with Crippen LogP contribution in [0, 0.1) is 0 Å². The van der Waals surface area contributed by atoms with Gasteiger partial charge in [-0.25, -0.2) is 4.57 Å². The fraction of sp³-hybridized carbons (Fsp3) is 0. The van der Waals surface area contributed by atoms with Crippen molar-refractivity contribution >= 4 is 120 Å². The molecule has 0 aliphatic heterocycles. The minimum absolute atomic E-state index is 0. The van der Waals surface area contributed by atoms with Gasteiger partial charge in [0.25, 0.3) is 0 Å². The molecule has 0 saturated carbocycles. The van der Waals surface area contributed by atoms with E-state index >= 15 is 0 Å². The molecular weight excluding hydrogens is 204 g/mol. The average molecular weight is 210 g/mol. The molecule has 0 aromatic carbocycles. The van der Waals surface area contributed by atoms with E-state index in [9.17, 15) is 4.57 Å². The molecule has 0 rings (SSSR count). The first-order chi connectivity index (χ1) is 2.56. The summed E-state index contributed by atoms with van der Waals surface area (Å²) in [6.07, 6.45) is 0. The zero-order valence-corrected chi connectivity index (χ0v) is 4.78. The van der Waals surface area contributed by atoms with Crippen molar-refractivity contribution in [3.63, 3.8) is 0 Å². The number of hydrogen-bond donors (Lipinski definition) is 2. The summed E-state index contributed by atoms with van der Waals surface area (Å²) in [5, 5.41) is 0. The molecule has 0 spiro atoms. The molecule has 4 nitrogen and oxygen atoms in total. The van der Waals surface area contributed by atoms with Crippen LogP contribution in [0.25, 0.3) is 0 Å². The van der Waals surface area contributed by atoms with Gasteiger partial charge in [0, 0.05) is 9.47 Å². The van der Waals surface area contributed by atoms with E-state index in [0.717, 1.165) is 0 Å². The van der Waals surface area contributed by atoms with Gasteiger partial charge >= 0.3 is 111 Å². The molecule has 8 heteroatoms. The first kappa shape index (κ1) is 17.8. The van der Waals surface area contributed by atoms with E-state index in [4.69, 9.17) is 9.79 Å². The first-order valence-electron chi connectivity index (χ1n) is 1.00. The molecule has 1 atom stereocenters. The molecule has 0 aromatic rings. The van der Waals surface area contributed by atoms with Crippen molar-refractivity contribution < 1.29 is 18.7 Å². The SMILES string of the molecule is O=P(O)(O)OP.[KH].[KH]. The van der Waals surface area contributed by atoms with Crippen molar-refractivity contribution in [1.29, 1.82) is 0 Å². The molecule has 0 heterocycles. The summed E-state index contributed by atoms with van der Waals surface area (Å²) in [6.45, 7) is 0. The zero-order valence-electron chi connectivity index (χ0n) is 2.74. The van der Waals surface area contributed by atoms with Gasteiger partial charge in [0.15, 0.2) is 0 Å². The average Bonchev–Trinajstić information content (AvgIpc) is 1.35. The predicted octanol–water partition coefficient (Wildman–Crippen LogP) is -1.41. The van der Waals surface area contributed by atoms with Gasteiger partial charge in [-0.2, -0.15) is 0 Å². The van der Waals surface area contributed by atoms with Crippen molar-refractivity contribution in [2.75, 3.05) is 0 Å². The zero-order chi connectivity index (χ0) is 5.21. The molecule has 0 aliphatic rings. The van der Waals surface area contributed by atoms with Crippen LogP contribution < -0.4 is 0 Å². The number of hydrogen-bond acceptors (Lipinski definition) is 2. The van der Waals surface area contributed by atoms with Crippen LogP contribution in [0.15, 0.2) is 0 Å². The molecule has 0 aromatic heterocycles. The predicted molar refractivity (Wildman–Crippen MR) is 37.1 cm³/mol. The second kappa shape index (κ2) is 8.91. The van der Waals surface area contributed by atoms with Crippen LogP contribution in [0.4, 0.5) is 0 Å². The number of rotatable bonds is 1. The molecule has 42 valence electrons. The Morgan fingerprint density at radius 1 is 1.38 bits per heavy atom. The second-order valence-corrected chi connectivity index (χ2v) is 2.42. The fourth-order valence-corrected chi connectivity index (χ4v) is 0. The Bertz CT molecular complexity index is 76.1. The minimum atomic E-state index is -4.18. The molecule has 0 bridgehead atoms. The van der Waals surface area contributed by atoms with Crippen LogP contribution in [0.3, 0.4) is 0 Å². The van der Waals surface area contributed by atoms with E-state index in [1.54, 1.807) is 0 Å². The summed E-state index contributed by atoms with van der Waals surface area (Å²) in [7, 11) is -2.72. The first-order valence-corrected chi connectivity index (χ1v) is 3.00. The standard InChI is InChI=1S/2K.H4O4P2.2H/c;;1-6(2,3)4-5;;/h;;5H2,(H2,1,2,3);;. The third kappa shape index (κ3) is 16.4. The van der Waals surface area contributed by atoms with E-state index in [1.807, 2.05) is 0 Å². The summed E-state index contributed by atoms with van der Waals surface area (Å²) in [5.41, 5.74) is 0. The fourth-order valence-electron chi connectivity index (χ4n) is 0. The molecular formula is H6K2O4P2. The molecule has 0 radical (unpaired) electrons. The van der Waals surface area contributed by atoms with Crippen LogP contribution in [0.2, 0.25) is 0 Å². The van der Waals surface area contributed by atoms with Crippen molar-refractivity contribution in [1.82, 2.24) is 0 Å². The maximum absolute atomic E-state index is 9.45. The van der Waals surface area contributed by atoms with Crippen molar-refractivity contribution in [2.45, 2.75) is 0 Å². The van der Waals surface area contributed by atoms with Gasteiger partial charge in [-0.05, 0) is 0 Å². The van der Waals surface area contributed by atoms with Gasteiger partial charge in [-0.15, -0.1) is 0 Å². The maximum atomic E-state index is 9.45. The summed E-state index contributed by atoms with van der Waals surface area (Å²) < 4.78 is 13.0. The molecule has 0 fully saturated rings. The van der Waals surface area contributed by atoms with Gasteiger partial charge in [0.2, 0.25) is 0 Å². The van der Waals surface area contributed by atoms with Gasteiger partial charge < -0.3 is 9.79 Å². The van der Waals surface area contributed by atoms with Crippen LogP contribution in [-0.4, -0.2) is 113 Å². The van der Waals surface area contributed by atoms with E-state index in [-0.39, 0.29) is 103 Å². The monoisotopic (exact) mass is 210 g/mol. The van der Waals surface area contributed by atoms with Crippen LogP contribution >= 0.6 is 17.3 Å². The summed E-state index contributed by atoms with van der Waals surface area (Å²) in [5.74, 6) is 0. The van der Waals surface area contributed by atoms with Gasteiger partial charge in [-0.1, -0.05) is 0 Å². The van der Waals surface area contributed by atoms with E-state index in [1.165, 1.54) is 9.47 Å². The Hall–Kier alpha value is 3.81. The van der Waals surface area contributed by atoms with Crippen molar-refractivity contribution in [3.8, 4) is 0 Å². The van der Waals surface area contributed by atoms with Crippen LogP contribution in [-0.2, 0) is 8.88 Å². The summed E-state index contributed by atoms with van der Waals surface area (Å²) >= 11 is 0. The van der Waals surface area contributed by atoms with E-state index in [2.05, 4.69) is 4.31 Å². The van der Waals surface area contributed by atoms with Gasteiger partial charge in [0.05, 0.1) is 0 Å². The Kier molecular flexibility index (Phi) is 19.8. The Labute approximate surface area is 135 Å². The van der Waals surface area contributed by atoms with Gasteiger partial charge in [-0.3, -0.25) is 4.31 Å². The molecule has 2 N–H and O–H groups in total. The number of phosphoric acid groups is 1. The summed E-state index contributed by atoms with van der Waals surface area (Å²) in [6, 6.07) is 0. The molecule has 0 aliphatic carbocycles. The third-order valence-electron chi connectivity index (χ3n) is 0.137. The van der Waals surface area contributed by atoms with Crippen LogP contribution in [0.1, 0.15) is 0 Å². The quantitative estimate of drug-likeness (QED) is 0.412. The third-order valence-corrected chi connectivity index (χ3v) is 1.24. The molecule has 0 amide bonds. The molecule has 0 saturated heterocycles. The van der Waals surface area contributed by atoms with Crippen LogP contribution in [0.5, 0.6) is 0 Å². The van der Waals surface area contributed by atoms with Crippen molar-refractivity contribution in [3.05, 3.63) is 0 Å². The normalized spacial score (nSPS) is 8.88. The Balaban J connectivity index is -0.000000125. The van der Waals surface area contributed by atoms with E-state index in [0.29, 0.717) is 0 Å². The van der Waals surface area contributed by atoms with E-state index < -0.39 is 7.82 Å². The molecule has 8 heavy (non-hydrogen) atoms. The Morgan fingerprint density at radius 3 is 1.50 bits per heavy atom. The van der Waals surface area contributed by atoms with Crippen molar-refractivity contribution in [2.24, 2.45) is 0 Å². The Morgan fingerprint density at radius 2 is 1.50 bits per heavy atom. The summed E-state index contributed by atoms with van der Waals surface area (Å²) in [4.78, 5) is 15.4. The molecule has 1 unspecified atom stereocenters. The second-order valence-electron chi connectivity index (χ2n) is 0.596.